The minimum atomic E-state index is 0. The Hall–Kier alpha value is -1.13. The summed E-state index contributed by atoms with van der Waals surface area (Å²) in [4.78, 5) is 7.91. The maximum atomic E-state index is 5.46. The smallest absolute Gasteiger partial charge is 0.237 e. The lowest BCUT2D eigenvalue weighted by Gasteiger charge is -2.03. The molecule has 0 radical (unpaired) electrons. The van der Waals surface area contributed by atoms with Gasteiger partial charge in [-0.15, -0.1) is 12.4 Å². The van der Waals surface area contributed by atoms with Gasteiger partial charge < -0.3 is 4.74 Å². The van der Waals surface area contributed by atoms with Crippen molar-refractivity contribution in [3.63, 3.8) is 0 Å². The van der Waals surface area contributed by atoms with E-state index in [0.717, 1.165) is 10.2 Å². The van der Waals surface area contributed by atoms with E-state index < -0.39 is 0 Å². The molecule has 0 N–H and O–H groups in total. The van der Waals surface area contributed by atoms with Gasteiger partial charge in [0.15, 0.2) is 0 Å². The fourth-order valence-corrected chi connectivity index (χ4v) is 1.37. The summed E-state index contributed by atoms with van der Waals surface area (Å²) in [5.74, 6) is 1.23. The molecule has 0 atom stereocenters. The van der Waals surface area contributed by atoms with Gasteiger partial charge in [0.1, 0.15) is 5.75 Å². The number of nitrogens with zero attached hydrogens (tertiary/aromatic N) is 2. The molecule has 0 bridgehead atoms. The summed E-state index contributed by atoms with van der Waals surface area (Å²) in [7, 11) is 0. The third-order valence-electron chi connectivity index (χ3n) is 1.56. The number of rotatable bonds is 2. The van der Waals surface area contributed by atoms with Crippen molar-refractivity contribution < 1.29 is 4.74 Å². The number of hydrogen-bond donors (Lipinski definition) is 0. The molecule has 0 spiro atoms. The molecule has 0 aliphatic carbocycles. The number of ether oxygens (including phenoxy) is 1. The molecule has 0 saturated carbocycles. The molecule has 1 aromatic heterocycles. The molecule has 78 valence electrons. The molecule has 2 rings (SSSR count). The van der Waals surface area contributed by atoms with Gasteiger partial charge in [0.2, 0.25) is 5.88 Å². The van der Waals surface area contributed by atoms with E-state index in [0.29, 0.717) is 5.88 Å². The van der Waals surface area contributed by atoms with Crippen LogP contribution in [0.25, 0.3) is 0 Å². The number of benzene rings is 1. The van der Waals surface area contributed by atoms with Gasteiger partial charge in [-0.05, 0) is 18.2 Å². The van der Waals surface area contributed by atoms with E-state index >= 15 is 0 Å². The van der Waals surface area contributed by atoms with Crippen LogP contribution in [0.15, 0.2) is 47.3 Å². The molecule has 0 aliphatic rings. The maximum Gasteiger partial charge on any atom is 0.237 e. The summed E-state index contributed by atoms with van der Waals surface area (Å²) in [5.41, 5.74) is 0. The highest BCUT2D eigenvalue weighted by Crippen LogP contribution is 2.21. The fourth-order valence-electron chi connectivity index (χ4n) is 0.989. The topological polar surface area (TPSA) is 35.0 Å². The Morgan fingerprint density at radius 3 is 2.73 bits per heavy atom. The Bertz CT molecular complexity index is 425. The van der Waals surface area contributed by atoms with Gasteiger partial charge in [-0.25, -0.2) is 4.98 Å². The summed E-state index contributed by atoms with van der Waals surface area (Å²) in [6, 6.07) is 7.56. The zero-order valence-electron chi connectivity index (χ0n) is 7.63. The van der Waals surface area contributed by atoms with Crippen molar-refractivity contribution in [1.29, 1.82) is 0 Å². The number of halogens is 2. The van der Waals surface area contributed by atoms with E-state index in [4.69, 9.17) is 4.74 Å². The van der Waals surface area contributed by atoms with Crippen LogP contribution in [0.1, 0.15) is 0 Å². The highest BCUT2D eigenvalue weighted by molar-refractivity contribution is 9.10. The van der Waals surface area contributed by atoms with Crippen LogP contribution in [0.4, 0.5) is 0 Å². The van der Waals surface area contributed by atoms with Crippen LogP contribution in [0, 0.1) is 0 Å². The average Bonchev–Trinajstić information content (AvgIpc) is 2.19. The van der Waals surface area contributed by atoms with E-state index in [1.54, 1.807) is 18.6 Å². The highest BCUT2D eigenvalue weighted by Gasteiger charge is 1.97. The van der Waals surface area contributed by atoms with Crippen LogP contribution in [-0.4, -0.2) is 9.97 Å². The molecule has 0 unspecified atom stereocenters. The minimum Gasteiger partial charge on any atom is -0.437 e. The van der Waals surface area contributed by atoms with E-state index in [2.05, 4.69) is 25.9 Å². The Labute approximate surface area is 102 Å². The standard InChI is InChI=1S/C10H7BrN2O.ClH/c11-8-2-1-3-9(6-8)14-10-7-12-4-5-13-10;/h1-7H;1H. The quantitative estimate of drug-likeness (QED) is 0.848. The van der Waals surface area contributed by atoms with Gasteiger partial charge in [-0.2, -0.15) is 0 Å². The second kappa shape index (κ2) is 5.68. The summed E-state index contributed by atoms with van der Waals surface area (Å²) in [6.45, 7) is 0. The molecule has 15 heavy (non-hydrogen) atoms. The first-order chi connectivity index (χ1) is 6.84. The van der Waals surface area contributed by atoms with Crippen LogP contribution in [-0.2, 0) is 0 Å². The molecule has 3 nitrogen and oxygen atoms in total. The average molecular weight is 288 g/mol. The highest BCUT2D eigenvalue weighted by atomic mass is 79.9. The lowest BCUT2D eigenvalue weighted by atomic mass is 10.3. The molecule has 0 aliphatic heterocycles. The zero-order chi connectivity index (χ0) is 9.80. The van der Waals surface area contributed by atoms with Crippen molar-refractivity contribution >= 4 is 28.3 Å². The van der Waals surface area contributed by atoms with Crippen LogP contribution >= 0.6 is 28.3 Å². The van der Waals surface area contributed by atoms with Crippen LogP contribution in [0.5, 0.6) is 11.6 Å². The van der Waals surface area contributed by atoms with Crippen molar-refractivity contribution in [1.82, 2.24) is 9.97 Å². The maximum absolute atomic E-state index is 5.46. The predicted octanol–water partition coefficient (Wildman–Crippen LogP) is 3.45. The lowest BCUT2D eigenvalue weighted by molar-refractivity contribution is 0.460. The van der Waals surface area contributed by atoms with Crippen molar-refractivity contribution in [2.24, 2.45) is 0 Å². The van der Waals surface area contributed by atoms with Crippen molar-refractivity contribution in [3.8, 4) is 11.6 Å². The van der Waals surface area contributed by atoms with E-state index in [1.807, 2.05) is 24.3 Å². The first-order valence-corrected chi connectivity index (χ1v) is 4.83. The molecular weight excluding hydrogens is 279 g/mol. The van der Waals surface area contributed by atoms with Gasteiger partial charge in [-0.3, -0.25) is 4.98 Å². The first-order valence-electron chi connectivity index (χ1n) is 4.04. The lowest BCUT2D eigenvalue weighted by Crippen LogP contribution is -1.87. The van der Waals surface area contributed by atoms with Crippen molar-refractivity contribution in [2.75, 3.05) is 0 Å². The first kappa shape index (κ1) is 11.9. The summed E-state index contributed by atoms with van der Waals surface area (Å²) in [6.07, 6.45) is 4.77. The van der Waals surface area contributed by atoms with Crippen molar-refractivity contribution in [3.05, 3.63) is 47.3 Å². The van der Waals surface area contributed by atoms with Gasteiger partial charge in [-0.1, -0.05) is 22.0 Å². The van der Waals surface area contributed by atoms with Gasteiger partial charge in [0.05, 0.1) is 6.20 Å². The summed E-state index contributed by atoms with van der Waals surface area (Å²) in [5, 5.41) is 0. The zero-order valence-corrected chi connectivity index (χ0v) is 10.0. The molecule has 1 heterocycles. The van der Waals surface area contributed by atoms with Crippen molar-refractivity contribution in [2.45, 2.75) is 0 Å². The minimum absolute atomic E-state index is 0. The predicted molar refractivity (Wildman–Crippen MR) is 63.5 cm³/mol. The van der Waals surface area contributed by atoms with E-state index in [9.17, 15) is 0 Å². The SMILES string of the molecule is Brc1cccc(Oc2cnccn2)c1.Cl. The van der Waals surface area contributed by atoms with Crippen LogP contribution in [0.3, 0.4) is 0 Å². The second-order valence-electron chi connectivity index (χ2n) is 2.60. The third kappa shape index (κ3) is 3.49. The molecule has 1 aromatic carbocycles. The fraction of sp³-hybridized carbons (Fsp3) is 0. The normalized spacial score (nSPS) is 9.13. The molecule has 5 heteroatoms. The third-order valence-corrected chi connectivity index (χ3v) is 2.05. The Balaban J connectivity index is 0.00000112. The van der Waals surface area contributed by atoms with Gasteiger partial charge in [0.25, 0.3) is 0 Å². The summed E-state index contributed by atoms with van der Waals surface area (Å²) >= 11 is 3.36. The van der Waals surface area contributed by atoms with Gasteiger partial charge >= 0.3 is 0 Å². The molecular formula is C10H8BrClN2O. The Morgan fingerprint density at radius 2 is 2.07 bits per heavy atom. The van der Waals surface area contributed by atoms with E-state index in [-0.39, 0.29) is 12.4 Å². The number of aromatic nitrogens is 2. The second-order valence-corrected chi connectivity index (χ2v) is 3.52. The molecule has 2 aromatic rings. The monoisotopic (exact) mass is 286 g/mol. The van der Waals surface area contributed by atoms with E-state index in [1.165, 1.54) is 0 Å². The van der Waals surface area contributed by atoms with Gasteiger partial charge in [0, 0.05) is 16.9 Å². The molecule has 0 amide bonds. The number of hydrogen-bond acceptors (Lipinski definition) is 3. The molecule has 0 fully saturated rings. The largest absolute Gasteiger partial charge is 0.437 e. The van der Waals surface area contributed by atoms with Crippen LogP contribution < -0.4 is 4.74 Å². The summed E-state index contributed by atoms with van der Waals surface area (Å²) < 4.78 is 6.43. The molecule has 0 saturated heterocycles. The van der Waals surface area contributed by atoms with Crippen LogP contribution in [0.2, 0.25) is 0 Å². The Kier molecular flexibility index (Phi) is 4.52. The Morgan fingerprint density at radius 1 is 1.20 bits per heavy atom.